The zero-order valence-electron chi connectivity index (χ0n) is 10.4. The SMILES string of the molecule is O=C1C=C(c2ccccc2)C(=O)N1c1ccc(F)cc1. The van der Waals surface area contributed by atoms with Crippen LogP contribution in [0.1, 0.15) is 5.56 Å². The molecule has 0 fully saturated rings. The Kier molecular flexibility index (Phi) is 2.91. The molecule has 0 aliphatic carbocycles. The van der Waals surface area contributed by atoms with Gasteiger partial charge in [0.05, 0.1) is 11.3 Å². The number of carbonyl (C=O) groups is 2. The third kappa shape index (κ3) is 2.01. The van der Waals surface area contributed by atoms with Gasteiger partial charge < -0.3 is 0 Å². The first-order valence-corrected chi connectivity index (χ1v) is 6.08. The molecule has 0 saturated carbocycles. The molecule has 3 nitrogen and oxygen atoms in total. The first-order chi connectivity index (χ1) is 9.66. The van der Waals surface area contributed by atoms with Gasteiger partial charge in [-0.1, -0.05) is 30.3 Å². The van der Waals surface area contributed by atoms with E-state index in [1.807, 2.05) is 6.07 Å². The number of rotatable bonds is 2. The van der Waals surface area contributed by atoms with Gasteiger partial charge >= 0.3 is 0 Å². The van der Waals surface area contributed by atoms with Crippen LogP contribution in [0.4, 0.5) is 10.1 Å². The summed E-state index contributed by atoms with van der Waals surface area (Å²) in [5.41, 5.74) is 1.40. The summed E-state index contributed by atoms with van der Waals surface area (Å²) in [6.45, 7) is 0. The highest BCUT2D eigenvalue weighted by molar-refractivity contribution is 6.43. The van der Waals surface area contributed by atoms with Crippen molar-refractivity contribution < 1.29 is 14.0 Å². The fourth-order valence-corrected chi connectivity index (χ4v) is 2.13. The van der Waals surface area contributed by atoms with Gasteiger partial charge in [-0.2, -0.15) is 0 Å². The Morgan fingerprint density at radius 3 is 2.15 bits per heavy atom. The molecule has 0 atom stereocenters. The predicted molar refractivity (Wildman–Crippen MR) is 73.3 cm³/mol. The molecule has 0 radical (unpaired) electrons. The van der Waals surface area contributed by atoms with Crippen molar-refractivity contribution in [1.82, 2.24) is 0 Å². The van der Waals surface area contributed by atoms with Gasteiger partial charge in [0.1, 0.15) is 5.82 Å². The van der Waals surface area contributed by atoms with Crippen molar-refractivity contribution in [3.05, 3.63) is 72.1 Å². The third-order valence-electron chi connectivity index (χ3n) is 3.09. The fraction of sp³-hybridized carbons (Fsp3) is 0. The van der Waals surface area contributed by atoms with Gasteiger partial charge in [-0.05, 0) is 29.8 Å². The molecule has 1 aliphatic heterocycles. The zero-order chi connectivity index (χ0) is 14.1. The minimum atomic E-state index is -0.416. The van der Waals surface area contributed by atoms with E-state index in [2.05, 4.69) is 0 Å². The van der Waals surface area contributed by atoms with Crippen molar-refractivity contribution in [3.63, 3.8) is 0 Å². The van der Waals surface area contributed by atoms with Crippen LogP contribution in [0.5, 0.6) is 0 Å². The van der Waals surface area contributed by atoms with E-state index in [1.165, 1.54) is 30.3 Å². The highest BCUT2D eigenvalue weighted by Gasteiger charge is 2.32. The molecule has 0 unspecified atom stereocenters. The maximum atomic E-state index is 12.9. The fourth-order valence-electron chi connectivity index (χ4n) is 2.13. The van der Waals surface area contributed by atoms with E-state index < -0.39 is 17.6 Å². The molecule has 3 rings (SSSR count). The van der Waals surface area contributed by atoms with Gasteiger partial charge in [0.15, 0.2) is 0 Å². The minimum absolute atomic E-state index is 0.347. The number of benzene rings is 2. The van der Waals surface area contributed by atoms with Crippen LogP contribution in [-0.4, -0.2) is 11.8 Å². The van der Waals surface area contributed by atoms with E-state index in [-0.39, 0.29) is 0 Å². The average Bonchev–Trinajstić information content (AvgIpc) is 2.76. The molecule has 1 heterocycles. The lowest BCUT2D eigenvalue weighted by Crippen LogP contribution is -2.30. The van der Waals surface area contributed by atoms with E-state index in [9.17, 15) is 14.0 Å². The summed E-state index contributed by atoms with van der Waals surface area (Å²) < 4.78 is 12.9. The summed E-state index contributed by atoms with van der Waals surface area (Å²) >= 11 is 0. The van der Waals surface area contributed by atoms with Crippen molar-refractivity contribution in [3.8, 4) is 0 Å². The molecule has 0 bridgehead atoms. The molecule has 0 aromatic heterocycles. The molecule has 0 N–H and O–H groups in total. The van der Waals surface area contributed by atoms with Gasteiger partial charge in [-0.15, -0.1) is 0 Å². The lowest BCUT2D eigenvalue weighted by molar-refractivity contribution is -0.119. The highest BCUT2D eigenvalue weighted by atomic mass is 19.1. The number of imide groups is 1. The number of nitrogens with zero attached hydrogens (tertiary/aromatic N) is 1. The Bertz CT molecular complexity index is 705. The molecule has 2 aromatic carbocycles. The molecule has 20 heavy (non-hydrogen) atoms. The summed E-state index contributed by atoms with van der Waals surface area (Å²) in [7, 11) is 0. The minimum Gasteiger partial charge on any atom is -0.269 e. The molecule has 0 saturated heterocycles. The third-order valence-corrected chi connectivity index (χ3v) is 3.09. The Morgan fingerprint density at radius 1 is 0.850 bits per heavy atom. The van der Waals surface area contributed by atoms with E-state index in [4.69, 9.17) is 0 Å². The molecule has 2 aromatic rings. The number of amides is 2. The van der Waals surface area contributed by atoms with E-state index in [0.717, 1.165) is 4.90 Å². The summed E-state index contributed by atoms with van der Waals surface area (Å²) in [5.74, 6) is -1.22. The van der Waals surface area contributed by atoms with Gasteiger partial charge in [-0.3, -0.25) is 9.59 Å². The molecule has 1 aliphatic rings. The normalized spacial score (nSPS) is 14.7. The van der Waals surface area contributed by atoms with Gasteiger partial charge in [0, 0.05) is 6.08 Å². The maximum absolute atomic E-state index is 12.9. The van der Waals surface area contributed by atoms with Crippen molar-refractivity contribution in [1.29, 1.82) is 0 Å². The second kappa shape index (κ2) is 4.74. The quantitative estimate of drug-likeness (QED) is 0.785. The Balaban J connectivity index is 1.97. The Labute approximate surface area is 115 Å². The van der Waals surface area contributed by atoms with Crippen LogP contribution in [0, 0.1) is 5.82 Å². The topological polar surface area (TPSA) is 37.4 Å². The lowest BCUT2D eigenvalue weighted by Gasteiger charge is -2.14. The van der Waals surface area contributed by atoms with Crippen molar-refractivity contribution in [2.75, 3.05) is 4.90 Å². The van der Waals surface area contributed by atoms with Crippen molar-refractivity contribution in [2.24, 2.45) is 0 Å². The van der Waals surface area contributed by atoms with Crippen LogP contribution in [0.15, 0.2) is 60.7 Å². The summed E-state index contributed by atoms with van der Waals surface area (Å²) in [6.07, 6.45) is 1.31. The summed E-state index contributed by atoms with van der Waals surface area (Å²) in [4.78, 5) is 25.4. The number of halogens is 1. The van der Waals surface area contributed by atoms with Crippen LogP contribution in [0.2, 0.25) is 0 Å². The van der Waals surface area contributed by atoms with Gasteiger partial charge in [0.2, 0.25) is 0 Å². The number of hydrogen-bond donors (Lipinski definition) is 0. The van der Waals surface area contributed by atoms with Crippen LogP contribution in [0.3, 0.4) is 0 Å². The Morgan fingerprint density at radius 2 is 1.50 bits per heavy atom. The molecular formula is C16H10FNO2. The predicted octanol–water partition coefficient (Wildman–Crippen LogP) is 2.78. The van der Waals surface area contributed by atoms with Gasteiger partial charge in [-0.25, -0.2) is 9.29 Å². The number of hydrogen-bond acceptors (Lipinski definition) is 2. The smallest absolute Gasteiger partial charge is 0.266 e. The zero-order valence-corrected chi connectivity index (χ0v) is 10.4. The maximum Gasteiger partial charge on any atom is 0.266 e. The van der Waals surface area contributed by atoms with E-state index in [1.54, 1.807) is 24.3 Å². The average molecular weight is 267 g/mol. The lowest BCUT2D eigenvalue weighted by atomic mass is 10.1. The van der Waals surface area contributed by atoms with Crippen molar-refractivity contribution in [2.45, 2.75) is 0 Å². The molecule has 98 valence electrons. The molecular weight excluding hydrogens is 257 g/mol. The van der Waals surface area contributed by atoms with Crippen molar-refractivity contribution >= 4 is 23.1 Å². The number of carbonyl (C=O) groups excluding carboxylic acids is 2. The molecule has 0 spiro atoms. The van der Waals surface area contributed by atoms with Crippen LogP contribution < -0.4 is 4.90 Å². The first-order valence-electron chi connectivity index (χ1n) is 6.08. The van der Waals surface area contributed by atoms with E-state index >= 15 is 0 Å². The molecule has 2 amide bonds. The number of anilines is 1. The van der Waals surface area contributed by atoms with Gasteiger partial charge in [0.25, 0.3) is 11.8 Å². The van der Waals surface area contributed by atoms with E-state index in [0.29, 0.717) is 16.8 Å². The van der Waals surface area contributed by atoms with Crippen LogP contribution in [-0.2, 0) is 9.59 Å². The summed E-state index contributed by atoms with van der Waals surface area (Å²) in [6, 6.07) is 14.2. The van der Waals surface area contributed by atoms with Crippen LogP contribution in [0.25, 0.3) is 5.57 Å². The monoisotopic (exact) mass is 267 g/mol. The Hall–Kier alpha value is -2.75. The second-order valence-corrected chi connectivity index (χ2v) is 4.38. The second-order valence-electron chi connectivity index (χ2n) is 4.38. The van der Waals surface area contributed by atoms with Crippen LogP contribution >= 0.6 is 0 Å². The standard InChI is InChI=1S/C16H10FNO2/c17-12-6-8-13(9-7-12)18-15(19)10-14(16(18)20)11-4-2-1-3-5-11/h1-10H. The highest BCUT2D eigenvalue weighted by Crippen LogP contribution is 2.28. The largest absolute Gasteiger partial charge is 0.269 e. The first kappa shape index (κ1) is 12.3. The summed E-state index contributed by atoms with van der Waals surface area (Å²) in [5, 5.41) is 0. The molecule has 4 heteroatoms.